The quantitative estimate of drug-likeness (QED) is 0.773. The number of hydrogen-bond donors (Lipinski definition) is 1. The van der Waals surface area contributed by atoms with Crippen LogP contribution in [-0.4, -0.2) is 37.4 Å². The van der Waals surface area contributed by atoms with E-state index in [4.69, 9.17) is 14.3 Å². The number of hydrogen-bond acceptors (Lipinski definition) is 4. The van der Waals surface area contributed by atoms with Crippen LogP contribution in [0.1, 0.15) is 37.2 Å². The Morgan fingerprint density at radius 2 is 2.11 bits per heavy atom. The molecular formula is C13H21NO4. The van der Waals surface area contributed by atoms with Crippen LogP contribution in [0.2, 0.25) is 0 Å². The molecule has 102 valence electrons. The fourth-order valence-corrected chi connectivity index (χ4v) is 1.99. The summed E-state index contributed by atoms with van der Waals surface area (Å²) in [6.45, 7) is 5.49. The Kier molecular flexibility index (Phi) is 5.71. The molecule has 0 aliphatic rings. The Morgan fingerprint density at radius 1 is 1.44 bits per heavy atom. The largest absolute Gasteiger partial charge is 0.475 e. The lowest BCUT2D eigenvalue weighted by molar-refractivity contribution is 0.0663. The van der Waals surface area contributed by atoms with Gasteiger partial charge in [-0.05, 0) is 18.9 Å². The molecule has 0 spiro atoms. The van der Waals surface area contributed by atoms with Crippen LogP contribution in [-0.2, 0) is 4.74 Å². The SMILES string of the molecule is CCC(CC)N(CCOC)c1ccc(C(=O)O)o1. The average Bonchev–Trinajstić information content (AvgIpc) is 2.84. The Bertz CT molecular complexity index is 371. The van der Waals surface area contributed by atoms with Crippen molar-refractivity contribution in [2.24, 2.45) is 0 Å². The predicted octanol–water partition coefficient (Wildman–Crippen LogP) is 2.62. The van der Waals surface area contributed by atoms with E-state index in [0.717, 1.165) is 12.8 Å². The highest BCUT2D eigenvalue weighted by atomic mass is 16.5. The van der Waals surface area contributed by atoms with Gasteiger partial charge in [-0.1, -0.05) is 13.8 Å². The number of carbonyl (C=O) groups is 1. The highest BCUT2D eigenvalue weighted by molar-refractivity contribution is 5.84. The zero-order chi connectivity index (χ0) is 13.5. The number of ether oxygens (including phenoxy) is 1. The third-order valence-electron chi connectivity index (χ3n) is 3.01. The summed E-state index contributed by atoms with van der Waals surface area (Å²) in [5, 5.41) is 8.87. The normalized spacial score (nSPS) is 10.9. The third kappa shape index (κ3) is 3.50. The lowest BCUT2D eigenvalue weighted by Gasteiger charge is -2.29. The molecule has 0 saturated heterocycles. The van der Waals surface area contributed by atoms with Crippen LogP contribution in [0.25, 0.3) is 0 Å². The number of carboxylic acids is 1. The molecule has 0 unspecified atom stereocenters. The van der Waals surface area contributed by atoms with E-state index in [1.807, 2.05) is 0 Å². The number of carboxylic acid groups (broad SMARTS) is 1. The van der Waals surface area contributed by atoms with Crippen LogP contribution in [0.15, 0.2) is 16.5 Å². The van der Waals surface area contributed by atoms with Crippen molar-refractivity contribution < 1.29 is 19.1 Å². The molecule has 5 nitrogen and oxygen atoms in total. The summed E-state index contributed by atoms with van der Waals surface area (Å²) in [5.74, 6) is -0.478. The van der Waals surface area contributed by atoms with Gasteiger partial charge >= 0.3 is 5.97 Å². The lowest BCUT2D eigenvalue weighted by atomic mass is 10.1. The van der Waals surface area contributed by atoms with Crippen molar-refractivity contribution in [1.29, 1.82) is 0 Å². The maximum absolute atomic E-state index is 10.8. The summed E-state index contributed by atoms with van der Waals surface area (Å²) in [5.41, 5.74) is 0. The first-order chi connectivity index (χ1) is 8.63. The van der Waals surface area contributed by atoms with E-state index in [9.17, 15) is 4.79 Å². The van der Waals surface area contributed by atoms with Gasteiger partial charge in [0.15, 0.2) is 5.88 Å². The monoisotopic (exact) mass is 255 g/mol. The van der Waals surface area contributed by atoms with Gasteiger partial charge in [-0.2, -0.15) is 0 Å². The molecule has 0 radical (unpaired) electrons. The molecule has 1 aromatic rings. The first-order valence-electron chi connectivity index (χ1n) is 6.22. The standard InChI is InChI=1S/C13H21NO4/c1-4-10(5-2)14(8-9-17-3)12-7-6-11(18-12)13(15)16/h6-7,10H,4-5,8-9H2,1-3H3,(H,15,16). The Balaban J connectivity index is 2.89. The molecule has 1 N–H and O–H groups in total. The molecule has 0 aromatic carbocycles. The van der Waals surface area contributed by atoms with Crippen LogP contribution in [0.5, 0.6) is 0 Å². The molecule has 0 bridgehead atoms. The van der Waals surface area contributed by atoms with E-state index in [1.165, 1.54) is 6.07 Å². The van der Waals surface area contributed by atoms with Gasteiger partial charge in [0.25, 0.3) is 0 Å². The van der Waals surface area contributed by atoms with Gasteiger partial charge in [0, 0.05) is 25.8 Å². The lowest BCUT2D eigenvalue weighted by Crippen LogP contribution is -2.36. The number of nitrogens with zero attached hydrogens (tertiary/aromatic N) is 1. The van der Waals surface area contributed by atoms with Crippen molar-refractivity contribution in [2.75, 3.05) is 25.2 Å². The molecule has 1 rings (SSSR count). The van der Waals surface area contributed by atoms with Gasteiger partial charge < -0.3 is 19.2 Å². The van der Waals surface area contributed by atoms with Gasteiger partial charge in [0.1, 0.15) is 0 Å². The van der Waals surface area contributed by atoms with Crippen LogP contribution in [0.4, 0.5) is 5.88 Å². The van der Waals surface area contributed by atoms with Crippen LogP contribution < -0.4 is 4.90 Å². The summed E-state index contributed by atoms with van der Waals surface area (Å²) in [4.78, 5) is 12.9. The van der Waals surface area contributed by atoms with Crippen molar-refractivity contribution in [2.45, 2.75) is 32.7 Å². The molecule has 0 saturated carbocycles. The minimum Gasteiger partial charge on any atom is -0.475 e. The molecule has 0 fully saturated rings. The summed E-state index contributed by atoms with van der Waals surface area (Å²) >= 11 is 0. The van der Waals surface area contributed by atoms with E-state index in [0.29, 0.717) is 25.1 Å². The van der Waals surface area contributed by atoms with Crippen molar-refractivity contribution in [3.8, 4) is 0 Å². The van der Waals surface area contributed by atoms with E-state index < -0.39 is 5.97 Å². The molecule has 0 amide bonds. The van der Waals surface area contributed by atoms with Gasteiger partial charge in [0.05, 0.1) is 6.61 Å². The van der Waals surface area contributed by atoms with Gasteiger partial charge in [-0.15, -0.1) is 0 Å². The topological polar surface area (TPSA) is 62.9 Å². The minimum absolute atomic E-state index is 0.0293. The maximum Gasteiger partial charge on any atom is 0.371 e. The summed E-state index contributed by atoms with van der Waals surface area (Å²) in [7, 11) is 1.65. The molecule has 0 atom stereocenters. The summed E-state index contributed by atoms with van der Waals surface area (Å²) in [6.07, 6.45) is 1.95. The number of methoxy groups -OCH3 is 1. The van der Waals surface area contributed by atoms with Gasteiger partial charge in [0.2, 0.25) is 5.76 Å². The Hall–Kier alpha value is -1.49. The molecule has 1 aromatic heterocycles. The summed E-state index contributed by atoms with van der Waals surface area (Å²) < 4.78 is 10.4. The molecular weight excluding hydrogens is 234 g/mol. The molecule has 0 aliphatic heterocycles. The van der Waals surface area contributed by atoms with E-state index in [-0.39, 0.29) is 5.76 Å². The van der Waals surface area contributed by atoms with Gasteiger partial charge in [-0.3, -0.25) is 0 Å². The van der Waals surface area contributed by atoms with E-state index >= 15 is 0 Å². The predicted molar refractivity (Wildman–Crippen MR) is 69.3 cm³/mol. The van der Waals surface area contributed by atoms with Crippen molar-refractivity contribution in [3.63, 3.8) is 0 Å². The zero-order valence-corrected chi connectivity index (χ0v) is 11.2. The number of anilines is 1. The highest BCUT2D eigenvalue weighted by Gasteiger charge is 2.20. The van der Waals surface area contributed by atoms with E-state index in [1.54, 1.807) is 13.2 Å². The molecule has 1 heterocycles. The van der Waals surface area contributed by atoms with Crippen molar-refractivity contribution in [3.05, 3.63) is 17.9 Å². The van der Waals surface area contributed by atoms with E-state index in [2.05, 4.69) is 18.7 Å². The second-order valence-electron chi connectivity index (χ2n) is 4.10. The number of rotatable bonds is 8. The summed E-state index contributed by atoms with van der Waals surface area (Å²) in [6, 6.07) is 3.52. The fraction of sp³-hybridized carbons (Fsp3) is 0.615. The fourth-order valence-electron chi connectivity index (χ4n) is 1.99. The van der Waals surface area contributed by atoms with Crippen LogP contribution in [0.3, 0.4) is 0 Å². The third-order valence-corrected chi connectivity index (χ3v) is 3.01. The second-order valence-corrected chi connectivity index (χ2v) is 4.10. The van der Waals surface area contributed by atoms with Crippen molar-refractivity contribution in [1.82, 2.24) is 0 Å². The smallest absolute Gasteiger partial charge is 0.371 e. The van der Waals surface area contributed by atoms with Crippen molar-refractivity contribution >= 4 is 11.9 Å². The van der Waals surface area contributed by atoms with Crippen LogP contribution >= 0.6 is 0 Å². The average molecular weight is 255 g/mol. The highest BCUT2D eigenvalue weighted by Crippen LogP contribution is 2.23. The molecule has 18 heavy (non-hydrogen) atoms. The maximum atomic E-state index is 10.8. The number of furan rings is 1. The first kappa shape index (κ1) is 14.6. The molecule has 0 aliphatic carbocycles. The Morgan fingerprint density at radius 3 is 2.56 bits per heavy atom. The Labute approximate surface area is 107 Å². The van der Waals surface area contributed by atoms with Gasteiger partial charge in [-0.25, -0.2) is 4.79 Å². The molecule has 5 heteroatoms. The van der Waals surface area contributed by atoms with Crippen LogP contribution in [0, 0.1) is 0 Å². The second kappa shape index (κ2) is 7.06. The minimum atomic E-state index is -1.04. The first-order valence-corrected chi connectivity index (χ1v) is 6.22. The number of aromatic carboxylic acids is 1. The zero-order valence-electron chi connectivity index (χ0n) is 11.2.